The van der Waals surface area contributed by atoms with Crippen LogP contribution in [0.15, 0.2) is 42.9 Å². The second-order valence-corrected chi connectivity index (χ2v) is 6.71. The van der Waals surface area contributed by atoms with Gasteiger partial charge in [0.25, 0.3) is 0 Å². The van der Waals surface area contributed by atoms with Crippen LogP contribution in [0.3, 0.4) is 0 Å². The third kappa shape index (κ3) is 3.96. The molecule has 124 valence electrons. The molecule has 0 radical (unpaired) electrons. The molecule has 0 aliphatic heterocycles. The molecule has 2 heterocycles. The summed E-state index contributed by atoms with van der Waals surface area (Å²) in [5.41, 5.74) is 1.60. The first-order chi connectivity index (χ1) is 11.6. The Hall–Kier alpha value is -2.74. The molecule has 0 saturated heterocycles. The predicted octanol–water partition coefficient (Wildman–Crippen LogP) is 2.96. The highest BCUT2D eigenvalue weighted by Gasteiger charge is 2.11. The molecular formula is C16H18N6OS. The molecule has 0 bridgehead atoms. The van der Waals surface area contributed by atoms with Gasteiger partial charge in [0.15, 0.2) is 0 Å². The maximum atomic E-state index is 12.0. The van der Waals surface area contributed by atoms with Crippen molar-refractivity contribution in [2.75, 3.05) is 11.9 Å². The quantitative estimate of drug-likeness (QED) is 0.746. The third-order valence-corrected chi connectivity index (χ3v) is 4.59. The van der Waals surface area contributed by atoms with Crippen molar-refractivity contribution in [3.63, 3.8) is 0 Å². The van der Waals surface area contributed by atoms with Crippen LogP contribution in [-0.4, -0.2) is 32.6 Å². The number of thiazole rings is 1. The Morgan fingerprint density at radius 3 is 2.75 bits per heavy atom. The number of nitrogens with one attached hydrogen (secondary N) is 2. The topological polar surface area (TPSA) is 84.7 Å². The number of aromatic nitrogens is 4. The van der Waals surface area contributed by atoms with Crippen LogP contribution in [0.5, 0.6) is 0 Å². The van der Waals surface area contributed by atoms with Crippen molar-refractivity contribution in [1.82, 2.24) is 25.3 Å². The van der Waals surface area contributed by atoms with E-state index in [0.29, 0.717) is 12.2 Å². The highest BCUT2D eigenvalue weighted by atomic mass is 32.1. The molecule has 0 spiro atoms. The minimum Gasteiger partial charge on any atom is -0.337 e. The fourth-order valence-corrected chi connectivity index (χ4v) is 2.98. The molecule has 7 nitrogen and oxygen atoms in total. The summed E-state index contributed by atoms with van der Waals surface area (Å²) >= 11 is 1.66. The van der Waals surface area contributed by atoms with Crippen LogP contribution < -0.4 is 10.6 Å². The first kappa shape index (κ1) is 16.1. The van der Waals surface area contributed by atoms with E-state index in [4.69, 9.17) is 0 Å². The molecule has 2 N–H and O–H groups in total. The van der Waals surface area contributed by atoms with Gasteiger partial charge in [0.1, 0.15) is 0 Å². The third-order valence-electron chi connectivity index (χ3n) is 3.44. The van der Waals surface area contributed by atoms with Gasteiger partial charge in [-0.3, -0.25) is 0 Å². The highest BCUT2D eigenvalue weighted by molar-refractivity contribution is 7.11. The Balaban J connectivity index is 1.51. The second kappa shape index (κ2) is 7.22. The van der Waals surface area contributed by atoms with Crippen LogP contribution in [-0.2, 0) is 0 Å². The van der Waals surface area contributed by atoms with Crippen molar-refractivity contribution in [1.29, 1.82) is 0 Å². The summed E-state index contributed by atoms with van der Waals surface area (Å²) in [5, 5.41) is 14.4. The average molecular weight is 342 g/mol. The van der Waals surface area contributed by atoms with Gasteiger partial charge in [0.05, 0.1) is 23.1 Å². The van der Waals surface area contributed by atoms with Crippen LogP contribution in [0.4, 0.5) is 10.5 Å². The summed E-state index contributed by atoms with van der Waals surface area (Å²) in [5.74, 6) is 0.184. The summed E-state index contributed by atoms with van der Waals surface area (Å²) in [7, 11) is 0. The van der Waals surface area contributed by atoms with E-state index < -0.39 is 0 Å². The summed E-state index contributed by atoms with van der Waals surface area (Å²) < 4.78 is 1.65. The number of nitrogens with zero attached hydrogens (tertiary/aromatic N) is 4. The largest absolute Gasteiger partial charge is 0.337 e. The summed E-state index contributed by atoms with van der Waals surface area (Å²) in [6.07, 6.45) is 5.23. The molecule has 0 saturated carbocycles. The van der Waals surface area contributed by atoms with Crippen molar-refractivity contribution < 1.29 is 4.79 Å². The molecule has 0 aliphatic carbocycles. The van der Waals surface area contributed by atoms with E-state index in [1.807, 2.05) is 44.3 Å². The molecule has 1 atom stereocenters. The van der Waals surface area contributed by atoms with Crippen molar-refractivity contribution in [3.8, 4) is 5.69 Å². The van der Waals surface area contributed by atoms with Gasteiger partial charge in [-0.15, -0.1) is 16.4 Å². The number of hydrogen-bond acceptors (Lipinski definition) is 5. The van der Waals surface area contributed by atoms with E-state index in [1.165, 1.54) is 4.88 Å². The van der Waals surface area contributed by atoms with Gasteiger partial charge in [0, 0.05) is 29.2 Å². The van der Waals surface area contributed by atoms with E-state index in [9.17, 15) is 4.79 Å². The Labute approximate surface area is 143 Å². The van der Waals surface area contributed by atoms with Gasteiger partial charge < -0.3 is 10.6 Å². The van der Waals surface area contributed by atoms with Crippen molar-refractivity contribution in [2.45, 2.75) is 19.8 Å². The summed E-state index contributed by atoms with van der Waals surface area (Å²) in [6, 6.07) is 7.15. The van der Waals surface area contributed by atoms with Crippen LogP contribution in [0, 0.1) is 6.92 Å². The standard InChI is InChI=1S/C16H18N6OS/c1-11(15-17-10-12(2)24-15)9-18-16(23)20-13-3-5-14(6-4-13)22-8-7-19-21-22/h3-8,10-11H,9H2,1-2H3,(H2,18,20,23)/t11-/m1/s1. The minimum atomic E-state index is -0.233. The number of anilines is 1. The van der Waals surface area contributed by atoms with Crippen molar-refractivity contribution in [2.24, 2.45) is 0 Å². The van der Waals surface area contributed by atoms with Gasteiger partial charge in [0.2, 0.25) is 0 Å². The maximum absolute atomic E-state index is 12.0. The molecule has 0 unspecified atom stereocenters. The van der Waals surface area contributed by atoms with Crippen LogP contribution in [0.2, 0.25) is 0 Å². The highest BCUT2D eigenvalue weighted by Crippen LogP contribution is 2.20. The summed E-state index contributed by atoms with van der Waals surface area (Å²) in [6.45, 7) is 4.61. The van der Waals surface area contributed by atoms with Crippen molar-refractivity contribution >= 4 is 23.1 Å². The molecular weight excluding hydrogens is 324 g/mol. The van der Waals surface area contributed by atoms with E-state index in [-0.39, 0.29) is 11.9 Å². The zero-order valence-electron chi connectivity index (χ0n) is 13.4. The maximum Gasteiger partial charge on any atom is 0.319 e. The molecule has 2 amide bonds. The molecule has 2 aromatic heterocycles. The number of aryl methyl sites for hydroxylation is 1. The minimum absolute atomic E-state index is 0.184. The lowest BCUT2D eigenvalue weighted by Gasteiger charge is -2.11. The van der Waals surface area contributed by atoms with Crippen molar-refractivity contribution in [3.05, 3.63) is 52.7 Å². The molecule has 0 fully saturated rings. The molecule has 1 aromatic carbocycles. The van der Waals surface area contributed by atoms with Gasteiger partial charge in [-0.25, -0.2) is 14.5 Å². The van der Waals surface area contributed by atoms with E-state index >= 15 is 0 Å². The predicted molar refractivity (Wildman–Crippen MR) is 93.6 cm³/mol. The Bertz CT molecular complexity index is 796. The number of carbonyl (C=O) groups is 1. The number of amides is 2. The molecule has 3 rings (SSSR count). The lowest BCUT2D eigenvalue weighted by molar-refractivity contribution is 0.251. The molecule has 3 aromatic rings. The smallest absolute Gasteiger partial charge is 0.319 e. The number of benzene rings is 1. The average Bonchev–Trinajstić information content (AvgIpc) is 3.25. The van der Waals surface area contributed by atoms with Gasteiger partial charge in [-0.2, -0.15) is 0 Å². The lowest BCUT2D eigenvalue weighted by atomic mass is 10.2. The molecule has 8 heteroatoms. The normalized spacial score (nSPS) is 11.9. The first-order valence-corrected chi connectivity index (χ1v) is 8.37. The number of hydrogen-bond donors (Lipinski definition) is 2. The summed E-state index contributed by atoms with van der Waals surface area (Å²) in [4.78, 5) is 17.5. The van der Waals surface area contributed by atoms with Crippen LogP contribution in [0.25, 0.3) is 5.69 Å². The fourth-order valence-electron chi connectivity index (χ4n) is 2.15. The SMILES string of the molecule is Cc1cnc([C@H](C)CNC(=O)Nc2ccc(-n3ccnn3)cc2)s1. The van der Waals surface area contributed by atoms with E-state index in [1.54, 1.807) is 28.4 Å². The Morgan fingerprint density at radius 2 is 2.12 bits per heavy atom. The lowest BCUT2D eigenvalue weighted by Crippen LogP contribution is -2.31. The first-order valence-electron chi connectivity index (χ1n) is 7.56. The zero-order chi connectivity index (χ0) is 16.9. The van der Waals surface area contributed by atoms with Gasteiger partial charge in [-0.1, -0.05) is 12.1 Å². The second-order valence-electron chi connectivity index (χ2n) is 5.44. The van der Waals surface area contributed by atoms with Gasteiger partial charge in [-0.05, 0) is 31.2 Å². The monoisotopic (exact) mass is 342 g/mol. The van der Waals surface area contributed by atoms with E-state index in [2.05, 4.69) is 25.9 Å². The molecule has 24 heavy (non-hydrogen) atoms. The number of rotatable bonds is 5. The van der Waals surface area contributed by atoms with Crippen LogP contribution in [0.1, 0.15) is 22.7 Å². The molecule has 0 aliphatic rings. The fraction of sp³-hybridized carbons (Fsp3) is 0.250. The van der Waals surface area contributed by atoms with E-state index in [0.717, 1.165) is 10.7 Å². The Kier molecular flexibility index (Phi) is 4.85. The van der Waals surface area contributed by atoms with Crippen LogP contribution >= 0.6 is 11.3 Å². The Morgan fingerprint density at radius 1 is 1.33 bits per heavy atom. The van der Waals surface area contributed by atoms with Gasteiger partial charge >= 0.3 is 6.03 Å². The number of carbonyl (C=O) groups excluding carboxylic acids is 1. The zero-order valence-corrected chi connectivity index (χ0v) is 14.2. The number of urea groups is 1.